The molecule has 2 saturated heterocycles. The molecule has 1 N–H and O–H groups in total. The molecule has 15 heavy (non-hydrogen) atoms. The van der Waals surface area contributed by atoms with Gasteiger partial charge in [-0.2, -0.15) is 0 Å². The Morgan fingerprint density at radius 3 is 2.87 bits per heavy atom. The van der Waals surface area contributed by atoms with Crippen LogP contribution in [0.25, 0.3) is 0 Å². The molecule has 86 valence electrons. The molecule has 2 rings (SSSR count). The van der Waals surface area contributed by atoms with E-state index in [1.807, 2.05) is 6.92 Å². The summed E-state index contributed by atoms with van der Waals surface area (Å²) in [5, 5.41) is 2.80. The molecule has 2 fully saturated rings. The molecule has 0 bridgehead atoms. The van der Waals surface area contributed by atoms with Crippen LogP contribution >= 0.6 is 9.13 Å². The second-order valence-electron chi connectivity index (χ2n) is 3.87. The van der Waals surface area contributed by atoms with Crippen LogP contribution in [-0.4, -0.2) is 54.8 Å². The zero-order valence-corrected chi connectivity index (χ0v) is 11.9. The predicted octanol–water partition coefficient (Wildman–Crippen LogP) is 0.711. The molecular weight excluding hydrogens is 328 g/mol. The molecule has 0 radical (unpaired) electrons. The zero-order chi connectivity index (χ0) is 10.7. The number of hydrogen-bond acceptors (Lipinski definition) is 5. The van der Waals surface area contributed by atoms with Crippen LogP contribution in [-0.2, 0) is 13.7 Å². The molecule has 1 amide bonds. The molecule has 0 unspecified atom stereocenters. The van der Waals surface area contributed by atoms with Crippen molar-refractivity contribution in [3.05, 3.63) is 0 Å². The minimum atomic E-state index is -1.43. The van der Waals surface area contributed by atoms with Gasteiger partial charge in [-0.25, -0.2) is 0 Å². The van der Waals surface area contributed by atoms with Crippen LogP contribution in [0.2, 0.25) is 4.37 Å². The van der Waals surface area contributed by atoms with Gasteiger partial charge in [0.1, 0.15) is 0 Å². The van der Waals surface area contributed by atoms with E-state index in [4.69, 9.17) is 13.7 Å². The molecule has 5 nitrogen and oxygen atoms in total. The molecule has 2 heterocycles. The van der Waals surface area contributed by atoms with E-state index in [-0.39, 0.29) is 11.6 Å². The molecule has 0 saturated carbocycles. The average Bonchev–Trinajstić information content (AvgIpc) is 2.64. The molecule has 0 spiro atoms. The number of carbonyl (C=O) groups is 1. The monoisotopic (exact) mass is 341 g/mol. The van der Waals surface area contributed by atoms with Crippen LogP contribution in [0.15, 0.2) is 0 Å². The van der Waals surface area contributed by atoms with Crippen molar-refractivity contribution in [2.45, 2.75) is 16.8 Å². The summed E-state index contributed by atoms with van der Waals surface area (Å²) in [5.74, 6) is 0. The van der Waals surface area contributed by atoms with E-state index in [0.29, 0.717) is 13.2 Å². The second-order valence-corrected chi connectivity index (χ2v) is 13.7. The molecular formula is C8H14NO4SSb. The van der Waals surface area contributed by atoms with Gasteiger partial charge >= 0.3 is 99.0 Å². The molecule has 0 aliphatic carbocycles. The summed E-state index contributed by atoms with van der Waals surface area (Å²) < 4.78 is 17.4. The van der Waals surface area contributed by atoms with Gasteiger partial charge in [0.05, 0.1) is 0 Å². The summed E-state index contributed by atoms with van der Waals surface area (Å²) in [6.45, 7) is 3.93. The number of hydrogen-bond donors (Lipinski definition) is 1. The average molecular weight is 342 g/mol. The van der Waals surface area contributed by atoms with Crippen LogP contribution in [0.5, 0.6) is 0 Å². The Bertz CT molecular complexity index is 243. The molecule has 0 aromatic carbocycles. The van der Waals surface area contributed by atoms with E-state index in [1.54, 1.807) is 0 Å². The van der Waals surface area contributed by atoms with Crippen LogP contribution < -0.4 is 5.32 Å². The first-order valence-electron chi connectivity index (χ1n) is 4.75. The third-order valence-corrected chi connectivity index (χ3v) is 10.3. The Kier molecular flexibility index (Phi) is 4.04. The Balaban J connectivity index is 1.63. The topological polar surface area (TPSA) is 56.8 Å². The fourth-order valence-electron chi connectivity index (χ4n) is 1.29. The van der Waals surface area contributed by atoms with Crippen molar-refractivity contribution in [3.63, 3.8) is 0 Å². The third-order valence-electron chi connectivity index (χ3n) is 2.18. The number of carbonyl (C=O) groups excluding carboxylic acids is 1. The van der Waals surface area contributed by atoms with Crippen LogP contribution in [0.4, 0.5) is 4.79 Å². The normalized spacial score (nSPS) is 24.6. The molecule has 0 aromatic rings. The summed E-state index contributed by atoms with van der Waals surface area (Å²) in [6, 6.07) is 0. The molecule has 2 aliphatic rings. The van der Waals surface area contributed by atoms with Gasteiger partial charge in [-0.3, -0.25) is 0 Å². The molecule has 0 atom stereocenters. The van der Waals surface area contributed by atoms with Gasteiger partial charge in [0.15, 0.2) is 0 Å². The van der Waals surface area contributed by atoms with Gasteiger partial charge in [0, 0.05) is 0 Å². The standard InChI is InChI=1S/C5H9NO3S.C3H6O.Sb/c1-5(2-8-3-5)6-4(7)9-10;1-3-4-2;/h10H,2-3H2,1H3,(H,6,7);1-3H2;/q;;+1/p-1. The number of amides is 1. The SMILES string of the molecule is CC1(NC(=O)O[S][Sb]2[CH2]CO[CH2]2)COC1. The van der Waals surface area contributed by atoms with Crippen LogP contribution in [0.3, 0.4) is 0 Å². The Morgan fingerprint density at radius 1 is 1.53 bits per heavy atom. The quantitative estimate of drug-likeness (QED) is 0.605. The van der Waals surface area contributed by atoms with Gasteiger partial charge in [-0.1, -0.05) is 0 Å². The first-order valence-corrected chi connectivity index (χ1v) is 12.2. The fourth-order valence-corrected chi connectivity index (χ4v) is 7.38. The van der Waals surface area contributed by atoms with E-state index in [9.17, 15) is 4.79 Å². The number of rotatable bonds is 3. The third kappa shape index (κ3) is 3.41. The van der Waals surface area contributed by atoms with E-state index in [0.717, 1.165) is 15.5 Å². The van der Waals surface area contributed by atoms with Crippen molar-refractivity contribution in [1.29, 1.82) is 0 Å². The molecule has 0 aromatic heterocycles. The Hall–Kier alpha value is 0.358. The van der Waals surface area contributed by atoms with Gasteiger partial charge in [-0.05, 0) is 0 Å². The summed E-state index contributed by atoms with van der Waals surface area (Å²) in [6.07, 6.45) is -0.345. The van der Waals surface area contributed by atoms with Crippen molar-refractivity contribution in [3.8, 4) is 0 Å². The van der Waals surface area contributed by atoms with Crippen LogP contribution in [0.1, 0.15) is 6.92 Å². The maximum atomic E-state index is 11.4. The van der Waals surface area contributed by atoms with Gasteiger partial charge < -0.3 is 0 Å². The Labute approximate surface area is 98.8 Å². The van der Waals surface area contributed by atoms with Crippen molar-refractivity contribution in [2.75, 3.05) is 24.4 Å². The van der Waals surface area contributed by atoms with Gasteiger partial charge in [0.25, 0.3) is 0 Å². The minimum absolute atomic E-state index is 0.226. The van der Waals surface area contributed by atoms with E-state index >= 15 is 0 Å². The zero-order valence-electron chi connectivity index (χ0n) is 8.52. The van der Waals surface area contributed by atoms with Crippen LogP contribution in [0, 0.1) is 0 Å². The summed E-state index contributed by atoms with van der Waals surface area (Å²) >= 11 is -1.43. The van der Waals surface area contributed by atoms with E-state index in [2.05, 4.69) is 5.32 Å². The maximum absolute atomic E-state index is 11.4. The van der Waals surface area contributed by atoms with Crippen molar-refractivity contribution in [1.82, 2.24) is 5.32 Å². The first-order chi connectivity index (χ1) is 7.18. The van der Waals surface area contributed by atoms with E-state index in [1.165, 1.54) is 9.13 Å². The molecule has 2 aliphatic heterocycles. The Morgan fingerprint density at radius 2 is 2.33 bits per heavy atom. The second kappa shape index (κ2) is 5.13. The fraction of sp³-hybridized carbons (Fsp3) is 0.875. The van der Waals surface area contributed by atoms with Crippen molar-refractivity contribution < 1.29 is 18.5 Å². The summed E-state index contributed by atoms with van der Waals surface area (Å²) in [4.78, 5) is 11.4. The van der Waals surface area contributed by atoms with Crippen molar-refractivity contribution >= 4 is 34.0 Å². The first kappa shape index (κ1) is 11.8. The summed E-state index contributed by atoms with van der Waals surface area (Å²) in [5.41, 5.74) is -0.226. The number of ether oxygens (including phenoxy) is 2. The van der Waals surface area contributed by atoms with Crippen molar-refractivity contribution in [2.24, 2.45) is 0 Å². The predicted molar refractivity (Wildman–Crippen MR) is 57.8 cm³/mol. The summed E-state index contributed by atoms with van der Waals surface area (Å²) in [7, 11) is 1.37. The van der Waals surface area contributed by atoms with Gasteiger partial charge in [-0.15, -0.1) is 0 Å². The molecule has 7 heteroatoms. The number of nitrogens with one attached hydrogen (secondary N) is 1. The van der Waals surface area contributed by atoms with Gasteiger partial charge in [0.2, 0.25) is 0 Å². The van der Waals surface area contributed by atoms with E-state index < -0.39 is 18.8 Å².